The minimum Gasteiger partial charge on any atom is -0.381 e. The molecule has 158 valence electrons. The number of aromatic amines is 1. The van der Waals surface area contributed by atoms with Crippen molar-refractivity contribution in [3.05, 3.63) is 70.6 Å². The van der Waals surface area contributed by atoms with Gasteiger partial charge in [0, 0.05) is 32.2 Å². The Morgan fingerprint density at radius 1 is 1.00 bits per heavy atom. The van der Waals surface area contributed by atoms with Crippen LogP contribution in [0, 0.1) is 0 Å². The Morgan fingerprint density at radius 3 is 2.53 bits per heavy atom. The van der Waals surface area contributed by atoms with Gasteiger partial charge < -0.3 is 14.6 Å². The Kier molecular flexibility index (Phi) is 6.64. The molecule has 0 aliphatic carbocycles. The Hall–Kier alpha value is -2.86. The second kappa shape index (κ2) is 9.76. The van der Waals surface area contributed by atoms with Crippen LogP contribution in [-0.2, 0) is 16.0 Å². The molecule has 1 fully saturated rings. The number of rotatable bonds is 8. The number of piperidine rings is 1. The van der Waals surface area contributed by atoms with E-state index in [4.69, 9.17) is 4.74 Å². The van der Waals surface area contributed by atoms with Crippen molar-refractivity contribution in [1.29, 1.82) is 0 Å². The van der Waals surface area contributed by atoms with Gasteiger partial charge in [-0.05, 0) is 43.4 Å². The maximum Gasteiger partial charge on any atom is 0.326 e. The maximum atomic E-state index is 12.5. The Morgan fingerprint density at radius 2 is 1.73 bits per heavy atom. The number of aromatic nitrogens is 2. The van der Waals surface area contributed by atoms with Gasteiger partial charge in [-0.25, -0.2) is 4.79 Å². The van der Waals surface area contributed by atoms with Crippen molar-refractivity contribution < 1.29 is 9.53 Å². The number of benzene rings is 2. The van der Waals surface area contributed by atoms with Gasteiger partial charge in [0.1, 0.15) is 0 Å². The predicted molar refractivity (Wildman–Crippen MR) is 118 cm³/mol. The first-order valence-corrected chi connectivity index (χ1v) is 10.8. The molecule has 1 saturated heterocycles. The van der Waals surface area contributed by atoms with Crippen molar-refractivity contribution >= 4 is 16.9 Å². The van der Waals surface area contributed by atoms with E-state index in [1.54, 1.807) is 0 Å². The molecule has 4 rings (SSSR count). The second-order valence-electron chi connectivity index (χ2n) is 7.88. The first kappa shape index (κ1) is 20.4. The summed E-state index contributed by atoms with van der Waals surface area (Å²) in [4.78, 5) is 29.8. The Bertz CT molecular complexity index is 1020. The highest BCUT2D eigenvalue weighted by atomic mass is 16.5. The van der Waals surface area contributed by atoms with Gasteiger partial charge in [0.2, 0.25) is 5.91 Å². The highest BCUT2D eigenvalue weighted by Crippen LogP contribution is 2.25. The molecule has 0 saturated carbocycles. The van der Waals surface area contributed by atoms with Crippen molar-refractivity contribution in [1.82, 2.24) is 14.5 Å². The summed E-state index contributed by atoms with van der Waals surface area (Å²) in [6, 6.07) is 18.2. The number of carbonyl (C=O) groups is 1. The number of imidazole rings is 1. The van der Waals surface area contributed by atoms with Crippen LogP contribution in [0.4, 0.5) is 0 Å². The van der Waals surface area contributed by atoms with E-state index in [0.717, 1.165) is 36.7 Å². The number of hydrogen-bond donors (Lipinski definition) is 1. The monoisotopic (exact) mass is 407 g/mol. The van der Waals surface area contributed by atoms with Crippen LogP contribution in [0.2, 0.25) is 0 Å². The van der Waals surface area contributed by atoms with Gasteiger partial charge >= 0.3 is 5.69 Å². The minimum absolute atomic E-state index is 0.0615. The Balaban J connectivity index is 1.18. The van der Waals surface area contributed by atoms with E-state index in [1.165, 1.54) is 5.56 Å². The van der Waals surface area contributed by atoms with Crippen LogP contribution >= 0.6 is 0 Å². The van der Waals surface area contributed by atoms with E-state index in [2.05, 4.69) is 17.1 Å². The zero-order valence-electron chi connectivity index (χ0n) is 17.3. The number of ether oxygens (including phenoxy) is 1. The minimum atomic E-state index is -0.0615. The van der Waals surface area contributed by atoms with Crippen LogP contribution in [0.1, 0.15) is 37.3 Å². The van der Waals surface area contributed by atoms with Gasteiger partial charge in [-0.2, -0.15) is 0 Å². The van der Waals surface area contributed by atoms with Crippen molar-refractivity contribution in [2.24, 2.45) is 0 Å². The molecule has 0 radical (unpaired) electrons. The van der Waals surface area contributed by atoms with Crippen LogP contribution < -0.4 is 5.69 Å². The van der Waals surface area contributed by atoms with Crippen molar-refractivity contribution in [2.45, 2.75) is 38.1 Å². The van der Waals surface area contributed by atoms with E-state index >= 15 is 0 Å². The first-order valence-electron chi connectivity index (χ1n) is 10.8. The van der Waals surface area contributed by atoms with Gasteiger partial charge in [-0.1, -0.05) is 42.5 Å². The van der Waals surface area contributed by atoms with Crippen LogP contribution in [0.5, 0.6) is 0 Å². The normalized spacial score (nSPS) is 15.0. The second-order valence-corrected chi connectivity index (χ2v) is 7.88. The summed E-state index contributed by atoms with van der Waals surface area (Å²) >= 11 is 0. The third-order valence-electron chi connectivity index (χ3n) is 5.86. The lowest BCUT2D eigenvalue weighted by atomic mass is 10.0. The highest BCUT2D eigenvalue weighted by molar-refractivity contribution is 5.76. The third-order valence-corrected chi connectivity index (χ3v) is 5.86. The van der Waals surface area contributed by atoms with Gasteiger partial charge in [-0.15, -0.1) is 0 Å². The number of nitrogens with zero attached hydrogens (tertiary/aromatic N) is 2. The molecule has 6 heteroatoms. The molecule has 1 amide bonds. The standard InChI is InChI=1S/C24H29N3O3/c28-23(11-6-17-30-18-14-19-7-2-1-3-8-19)26-15-12-20(13-16-26)27-22-10-5-4-9-21(22)25-24(27)29/h1-5,7-10,20H,6,11-18H2,(H,25,29). The van der Waals surface area contributed by atoms with Crippen LogP contribution in [-0.4, -0.2) is 46.7 Å². The topological polar surface area (TPSA) is 67.3 Å². The van der Waals surface area contributed by atoms with Crippen molar-refractivity contribution in [3.8, 4) is 0 Å². The third kappa shape index (κ3) is 4.82. The lowest BCUT2D eigenvalue weighted by molar-refractivity contribution is -0.132. The summed E-state index contributed by atoms with van der Waals surface area (Å²) < 4.78 is 7.54. The fourth-order valence-electron chi connectivity index (χ4n) is 4.23. The van der Waals surface area contributed by atoms with Gasteiger partial charge in [-0.3, -0.25) is 9.36 Å². The van der Waals surface area contributed by atoms with Gasteiger partial charge in [0.25, 0.3) is 0 Å². The predicted octanol–water partition coefficient (Wildman–Crippen LogP) is 3.53. The molecule has 1 aromatic heterocycles. The molecule has 6 nitrogen and oxygen atoms in total. The molecule has 1 aliphatic heterocycles. The number of nitrogens with one attached hydrogen (secondary N) is 1. The van der Waals surface area contributed by atoms with E-state index in [1.807, 2.05) is 51.9 Å². The lowest BCUT2D eigenvalue weighted by Gasteiger charge is -2.32. The average molecular weight is 408 g/mol. The highest BCUT2D eigenvalue weighted by Gasteiger charge is 2.25. The largest absolute Gasteiger partial charge is 0.381 e. The molecule has 30 heavy (non-hydrogen) atoms. The summed E-state index contributed by atoms with van der Waals surface area (Å²) in [6.45, 7) is 2.69. The fraction of sp³-hybridized carbons (Fsp3) is 0.417. The average Bonchev–Trinajstić information content (AvgIpc) is 3.12. The molecule has 0 bridgehead atoms. The quantitative estimate of drug-likeness (QED) is 0.581. The van der Waals surface area contributed by atoms with E-state index in [9.17, 15) is 9.59 Å². The number of H-pyrrole nitrogens is 1. The smallest absolute Gasteiger partial charge is 0.326 e. The molecule has 2 heterocycles. The molecule has 0 spiro atoms. The summed E-state index contributed by atoms with van der Waals surface area (Å²) in [5.74, 6) is 0.186. The first-order chi connectivity index (χ1) is 14.7. The maximum absolute atomic E-state index is 12.5. The molecule has 2 aromatic carbocycles. The number of fused-ring (bicyclic) bond motifs is 1. The fourth-order valence-corrected chi connectivity index (χ4v) is 4.23. The molecule has 1 aliphatic rings. The SMILES string of the molecule is O=C(CCCOCCc1ccccc1)N1CCC(n2c(=O)[nH]c3ccccc32)CC1. The van der Waals surface area contributed by atoms with E-state index in [0.29, 0.717) is 32.7 Å². The van der Waals surface area contributed by atoms with Crippen LogP contribution in [0.25, 0.3) is 11.0 Å². The van der Waals surface area contributed by atoms with Gasteiger partial charge in [0.15, 0.2) is 0 Å². The zero-order valence-corrected chi connectivity index (χ0v) is 17.3. The summed E-state index contributed by atoms with van der Waals surface area (Å²) in [5, 5.41) is 0. The molecule has 0 unspecified atom stereocenters. The number of carbonyl (C=O) groups excluding carboxylic acids is 1. The van der Waals surface area contributed by atoms with Crippen LogP contribution in [0.3, 0.4) is 0 Å². The zero-order chi connectivity index (χ0) is 20.8. The summed E-state index contributed by atoms with van der Waals surface area (Å²) in [6.07, 6.45) is 3.77. The molecule has 0 atom stereocenters. The molecule has 1 N–H and O–H groups in total. The molecular formula is C24H29N3O3. The molecular weight excluding hydrogens is 378 g/mol. The van der Waals surface area contributed by atoms with Crippen molar-refractivity contribution in [3.63, 3.8) is 0 Å². The summed E-state index contributed by atoms with van der Waals surface area (Å²) in [7, 11) is 0. The van der Waals surface area contributed by atoms with E-state index in [-0.39, 0.29) is 17.6 Å². The number of para-hydroxylation sites is 2. The number of amides is 1. The van der Waals surface area contributed by atoms with E-state index < -0.39 is 0 Å². The van der Waals surface area contributed by atoms with Gasteiger partial charge in [0.05, 0.1) is 17.6 Å². The number of likely N-dealkylation sites (tertiary alicyclic amines) is 1. The lowest BCUT2D eigenvalue weighted by Crippen LogP contribution is -2.40. The number of hydrogen-bond acceptors (Lipinski definition) is 3. The van der Waals surface area contributed by atoms with Crippen LogP contribution in [0.15, 0.2) is 59.4 Å². The summed E-state index contributed by atoms with van der Waals surface area (Å²) in [5.41, 5.74) is 3.02. The molecule has 3 aromatic rings. The Labute approximate surface area is 176 Å². The van der Waals surface area contributed by atoms with Crippen molar-refractivity contribution in [2.75, 3.05) is 26.3 Å².